The number of nitrogens with one attached hydrogen (secondary N) is 1. The Kier molecular flexibility index (Phi) is 6.41. The first kappa shape index (κ1) is 16.4. The van der Waals surface area contributed by atoms with Crippen LogP contribution in [0.15, 0.2) is 24.3 Å². The maximum Gasteiger partial charge on any atom is 0.238 e. The van der Waals surface area contributed by atoms with E-state index in [1.54, 1.807) is 31.4 Å². The van der Waals surface area contributed by atoms with E-state index in [1.807, 2.05) is 18.9 Å². The molecule has 0 saturated heterocycles. The number of carbonyl (C=O) groups excluding carboxylic acids is 1. The number of rotatable bonds is 7. The fourth-order valence-electron chi connectivity index (χ4n) is 1.70. The van der Waals surface area contributed by atoms with Crippen molar-refractivity contribution in [1.82, 2.24) is 4.90 Å². The Bertz CT molecular complexity index is 462. The van der Waals surface area contributed by atoms with E-state index in [9.17, 15) is 4.79 Å². The number of ether oxygens (including phenoxy) is 1. The molecule has 1 aromatic carbocycles. The van der Waals surface area contributed by atoms with E-state index in [0.717, 1.165) is 11.4 Å². The van der Waals surface area contributed by atoms with Gasteiger partial charge in [-0.1, -0.05) is 12.2 Å². The molecule has 6 heteroatoms. The second-order valence-electron chi connectivity index (χ2n) is 4.71. The smallest absolute Gasteiger partial charge is 0.238 e. The number of hydrogen-bond acceptors (Lipinski definition) is 4. The van der Waals surface area contributed by atoms with Crippen LogP contribution in [0.2, 0.25) is 0 Å². The molecule has 0 heterocycles. The van der Waals surface area contributed by atoms with Crippen molar-refractivity contribution >= 4 is 28.8 Å². The van der Waals surface area contributed by atoms with Crippen molar-refractivity contribution < 1.29 is 9.53 Å². The fourth-order valence-corrected chi connectivity index (χ4v) is 1.95. The zero-order valence-corrected chi connectivity index (χ0v) is 12.9. The number of thiocarbonyl (C=S) groups is 1. The molecule has 0 aliphatic heterocycles. The van der Waals surface area contributed by atoms with Gasteiger partial charge in [-0.2, -0.15) is 0 Å². The molecule has 5 nitrogen and oxygen atoms in total. The van der Waals surface area contributed by atoms with Crippen LogP contribution in [-0.2, 0) is 4.79 Å². The predicted octanol–water partition coefficient (Wildman–Crippen LogP) is 1.63. The number of methoxy groups -OCH3 is 1. The van der Waals surface area contributed by atoms with E-state index in [1.165, 1.54) is 0 Å². The summed E-state index contributed by atoms with van der Waals surface area (Å²) in [5.74, 6) is 0.678. The van der Waals surface area contributed by atoms with Crippen molar-refractivity contribution in [3.63, 3.8) is 0 Å². The van der Waals surface area contributed by atoms with Gasteiger partial charge in [0.15, 0.2) is 0 Å². The van der Waals surface area contributed by atoms with Crippen LogP contribution < -0.4 is 15.8 Å². The van der Waals surface area contributed by atoms with Gasteiger partial charge in [0.05, 0.1) is 18.6 Å². The zero-order chi connectivity index (χ0) is 15.1. The lowest BCUT2D eigenvalue weighted by Gasteiger charge is -2.23. The van der Waals surface area contributed by atoms with E-state index in [0.29, 0.717) is 11.4 Å². The Hall–Kier alpha value is -1.66. The molecule has 20 heavy (non-hydrogen) atoms. The van der Waals surface area contributed by atoms with Crippen LogP contribution in [0.25, 0.3) is 0 Å². The summed E-state index contributed by atoms with van der Waals surface area (Å²) < 4.78 is 5.06. The third-order valence-corrected chi connectivity index (χ3v) is 3.18. The first-order valence-electron chi connectivity index (χ1n) is 6.35. The van der Waals surface area contributed by atoms with Gasteiger partial charge < -0.3 is 15.8 Å². The first-order valence-corrected chi connectivity index (χ1v) is 6.75. The van der Waals surface area contributed by atoms with Crippen molar-refractivity contribution in [3.8, 4) is 5.75 Å². The van der Waals surface area contributed by atoms with Crippen LogP contribution in [0.3, 0.4) is 0 Å². The topological polar surface area (TPSA) is 67.6 Å². The molecule has 1 rings (SSSR count). The molecule has 0 aromatic heterocycles. The minimum Gasteiger partial charge on any atom is -0.497 e. The van der Waals surface area contributed by atoms with Gasteiger partial charge in [-0.25, -0.2) is 0 Å². The van der Waals surface area contributed by atoms with Gasteiger partial charge in [-0.05, 0) is 38.2 Å². The summed E-state index contributed by atoms with van der Waals surface area (Å²) in [5, 5.41) is 2.83. The van der Waals surface area contributed by atoms with E-state index < -0.39 is 0 Å². The Labute approximate surface area is 125 Å². The molecule has 1 unspecified atom stereocenters. The molecule has 110 valence electrons. The number of nitrogens with zero attached hydrogens (tertiary/aromatic N) is 1. The highest BCUT2D eigenvalue weighted by Crippen LogP contribution is 2.15. The van der Waals surface area contributed by atoms with E-state index in [2.05, 4.69) is 5.32 Å². The molecule has 0 saturated carbocycles. The lowest BCUT2D eigenvalue weighted by Crippen LogP contribution is -2.38. The van der Waals surface area contributed by atoms with E-state index in [-0.39, 0.29) is 18.5 Å². The Morgan fingerprint density at radius 1 is 1.45 bits per heavy atom. The number of likely N-dealkylation sites (N-methyl/N-ethyl adjacent to an activating group) is 1. The quantitative estimate of drug-likeness (QED) is 0.748. The van der Waals surface area contributed by atoms with Gasteiger partial charge in [-0.15, -0.1) is 0 Å². The molecular weight excluding hydrogens is 274 g/mol. The van der Waals surface area contributed by atoms with Crippen molar-refractivity contribution in [2.75, 3.05) is 26.0 Å². The van der Waals surface area contributed by atoms with Crippen molar-refractivity contribution in [3.05, 3.63) is 24.3 Å². The van der Waals surface area contributed by atoms with Gasteiger partial charge in [0.25, 0.3) is 0 Å². The number of hydrogen-bond donors (Lipinski definition) is 2. The average molecular weight is 295 g/mol. The number of benzene rings is 1. The molecular formula is C14H21N3O2S. The van der Waals surface area contributed by atoms with Crippen molar-refractivity contribution in [1.29, 1.82) is 0 Å². The van der Waals surface area contributed by atoms with Gasteiger partial charge in [0.2, 0.25) is 5.91 Å². The number of nitrogens with two attached hydrogens (primary N) is 1. The lowest BCUT2D eigenvalue weighted by atomic mass is 10.2. The Morgan fingerprint density at radius 2 is 2.05 bits per heavy atom. The molecule has 1 atom stereocenters. The van der Waals surface area contributed by atoms with Crippen molar-refractivity contribution in [2.24, 2.45) is 5.73 Å². The number of carbonyl (C=O) groups is 1. The second kappa shape index (κ2) is 7.81. The van der Waals surface area contributed by atoms with Crippen LogP contribution in [0.5, 0.6) is 5.75 Å². The van der Waals surface area contributed by atoms with Crippen molar-refractivity contribution in [2.45, 2.75) is 19.4 Å². The normalized spacial score (nSPS) is 12.0. The molecule has 0 spiro atoms. The Balaban J connectivity index is 2.47. The summed E-state index contributed by atoms with van der Waals surface area (Å²) in [7, 11) is 3.47. The van der Waals surface area contributed by atoms with Crippen LogP contribution in [0.1, 0.15) is 13.3 Å². The van der Waals surface area contributed by atoms with Crippen LogP contribution in [-0.4, -0.2) is 42.5 Å². The molecule has 0 aliphatic carbocycles. The summed E-state index contributed by atoms with van der Waals surface area (Å²) in [6.07, 6.45) is 0.599. The van der Waals surface area contributed by atoms with E-state index in [4.69, 9.17) is 22.7 Å². The van der Waals surface area contributed by atoms with Crippen LogP contribution in [0, 0.1) is 0 Å². The maximum atomic E-state index is 11.9. The van der Waals surface area contributed by atoms with Gasteiger partial charge >= 0.3 is 0 Å². The zero-order valence-electron chi connectivity index (χ0n) is 12.1. The minimum absolute atomic E-state index is 0.0764. The maximum absolute atomic E-state index is 11.9. The highest BCUT2D eigenvalue weighted by molar-refractivity contribution is 7.80. The highest BCUT2D eigenvalue weighted by Gasteiger charge is 2.14. The standard InChI is InChI=1S/C14H21N3O2S/c1-10(8-13(15)20)17(2)9-14(18)16-11-4-6-12(19-3)7-5-11/h4-7,10H,8-9H2,1-3H3,(H2,15,20)(H,16,18). The summed E-state index contributed by atoms with van der Waals surface area (Å²) in [6, 6.07) is 7.34. The fraction of sp³-hybridized carbons (Fsp3) is 0.429. The summed E-state index contributed by atoms with van der Waals surface area (Å²) in [6.45, 7) is 2.27. The SMILES string of the molecule is COc1ccc(NC(=O)CN(C)C(C)CC(N)=S)cc1. The van der Waals surface area contributed by atoms with Gasteiger partial charge in [0.1, 0.15) is 5.75 Å². The molecule has 0 fully saturated rings. The predicted molar refractivity (Wildman–Crippen MR) is 85.1 cm³/mol. The number of amides is 1. The summed E-state index contributed by atoms with van der Waals surface area (Å²) in [5.41, 5.74) is 6.25. The lowest BCUT2D eigenvalue weighted by molar-refractivity contribution is -0.117. The molecule has 0 bridgehead atoms. The molecule has 1 aromatic rings. The third-order valence-electron chi connectivity index (χ3n) is 3.02. The molecule has 3 N–H and O–H groups in total. The van der Waals surface area contributed by atoms with Crippen LogP contribution in [0.4, 0.5) is 5.69 Å². The monoisotopic (exact) mass is 295 g/mol. The van der Waals surface area contributed by atoms with Gasteiger partial charge in [0, 0.05) is 18.2 Å². The van der Waals surface area contributed by atoms with Gasteiger partial charge in [-0.3, -0.25) is 9.69 Å². The largest absolute Gasteiger partial charge is 0.497 e. The Morgan fingerprint density at radius 3 is 2.55 bits per heavy atom. The molecule has 0 aliphatic rings. The minimum atomic E-state index is -0.0764. The number of anilines is 1. The summed E-state index contributed by atoms with van der Waals surface area (Å²) in [4.78, 5) is 14.3. The third kappa shape index (κ3) is 5.54. The second-order valence-corrected chi connectivity index (χ2v) is 5.24. The summed E-state index contributed by atoms with van der Waals surface area (Å²) >= 11 is 4.87. The first-order chi connectivity index (χ1) is 9.42. The molecule has 1 amide bonds. The molecule has 0 radical (unpaired) electrons. The average Bonchev–Trinajstić information content (AvgIpc) is 2.38. The van der Waals surface area contributed by atoms with Crippen LogP contribution >= 0.6 is 12.2 Å². The highest BCUT2D eigenvalue weighted by atomic mass is 32.1. The van der Waals surface area contributed by atoms with E-state index >= 15 is 0 Å².